The molecule has 0 radical (unpaired) electrons. The lowest BCUT2D eigenvalue weighted by Crippen LogP contribution is -2.15. The maximum absolute atomic E-state index is 12.6. The highest BCUT2D eigenvalue weighted by Gasteiger charge is 2.15. The van der Waals surface area contributed by atoms with Crippen LogP contribution in [-0.2, 0) is 9.53 Å². The van der Waals surface area contributed by atoms with Crippen molar-refractivity contribution in [3.63, 3.8) is 0 Å². The first kappa shape index (κ1) is 23.3. The number of esters is 1. The Morgan fingerprint density at radius 3 is 2.35 bits per heavy atom. The maximum Gasteiger partial charge on any atom is 0.338 e. The van der Waals surface area contributed by atoms with Crippen molar-refractivity contribution < 1.29 is 14.3 Å². The van der Waals surface area contributed by atoms with E-state index in [1.165, 1.54) is 11.8 Å². The molecule has 0 saturated carbocycles. The lowest BCUT2D eigenvalue weighted by Gasteiger charge is -2.07. The number of nitrogens with one attached hydrogen (secondary N) is 2. The van der Waals surface area contributed by atoms with Gasteiger partial charge in [-0.2, -0.15) is 0 Å². The summed E-state index contributed by atoms with van der Waals surface area (Å²) < 4.78 is 5.16. The second-order valence-corrected chi connectivity index (χ2v) is 8.52. The van der Waals surface area contributed by atoms with Gasteiger partial charge in [-0.1, -0.05) is 85.4 Å². The third-order valence-electron chi connectivity index (χ3n) is 4.95. The van der Waals surface area contributed by atoms with E-state index >= 15 is 0 Å². The van der Waals surface area contributed by atoms with Gasteiger partial charge in [0.1, 0.15) is 0 Å². The van der Waals surface area contributed by atoms with E-state index in [4.69, 9.17) is 9.72 Å². The molecule has 1 heterocycles. The molecule has 0 aliphatic carbocycles. The van der Waals surface area contributed by atoms with Gasteiger partial charge in [0.25, 0.3) is 0 Å². The number of anilines is 1. The zero-order valence-corrected chi connectivity index (χ0v) is 19.6. The van der Waals surface area contributed by atoms with Gasteiger partial charge in [0.2, 0.25) is 5.91 Å². The molecule has 0 aliphatic rings. The van der Waals surface area contributed by atoms with E-state index in [2.05, 4.69) is 10.3 Å². The van der Waals surface area contributed by atoms with Crippen molar-refractivity contribution in [3.8, 4) is 22.5 Å². The molecule has 0 unspecified atom stereocenters. The van der Waals surface area contributed by atoms with Crippen LogP contribution in [0.15, 0.2) is 90.1 Å². The molecule has 3 aromatic carbocycles. The first-order chi connectivity index (χ1) is 16.6. The zero-order chi connectivity index (χ0) is 23.8. The van der Waals surface area contributed by atoms with Gasteiger partial charge in [-0.25, -0.2) is 9.78 Å². The number of hydrogen-bond donors (Lipinski definition) is 2. The fourth-order valence-corrected chi connectivity index (χ4v) is 4.04. The number of rotatable bonds is 9. The van der Waals surface area contributed by atoms with Crippen molar-refractivity contribution in [1.82, 2.24) is 9.97 Å². The SMILES string of the molecule is CCCOC(=O)c1cccc(NC(=O)CSc2nc(-c3ccccc3)c(-c3ccccc3)[nH]2)c1. The normalized spacial score (nSPS) is 10.6. The molecule has 2 N–H and O–H groups in total. The molecule has 0 aliphatic heterocycles. The van der Waals surface area contributed by atoms with Crippen LogP contribution in [0.2, 0.25) is 0 Å². The second-order valence-electron chi connectivity index (χ2n) is 7.55. The number of carbonyl (C=O) groups is 2. The number of H-pyrrole nitrogens is 1. The summed E-state index contributed by atoms with van der Waals surface area (Å²) in [5.41, 5.74) is 4.73. The number of carbonyl (C=O) groups excluding carboxylic acids is 2. The molecule has 0 fully saturated rings. The molecule has 0 bridgehead atoms. The van der Waals surface area contributed by atoms with E-state index in [9.17, 15) is 9.59 Å². The minimum atomic E-state index is -0.398. The third kappa shape index (κ3) is 5.94. The number of aromatic nitrogens is 2. The van der Waals surface area contributed by atoms with Crippen molar-refractivity contribution in [2.75, 3.05) is 17.7 Å². The highest BCUT2D eigenvalue weighted by atomic mass is 32.2. The van der Waals surface area contributed by atoms with E-state index in [-0.39, 0.29) is 11.7 Å². The number of hydrogen-bond acceptors (Lipinski definition) is 5. The molecule has 4 rings (SSSR count). The Kier molecular flexibility index (Phi) is 7.78. The molecule has 0 atom stereocenters. The Bertz CT molecular complexity index is 1200. The largest absolute Gasteiger partial charge is 0.462 e. The van der Waals surface area contributed by atoms with Crippen molar-refractivity contribution in [2.24, 2.45) is 0 Å². The molecule has 6 nitrogen and oxygen atoms in total. The topological polar surface area (TPSA) is 84.1 Å². The van der Waals surface area contributed by atoms with E-state index < -0.39 is 5.97 Å². The summed E-state index contributed by atoms with van der Waals surface area (Å²) in [6, 6.07) is 26.7. The van der Waals surface area contributed by atoms with Crippen molar-refractivity contribution in [3.05, 3.63) is 90.5 Å². The van der Waals surface area contributed by atoms with Gasteiger partial charge >= 0.3 is 5.97 Å². The van der Waals surface area contributed by atoms with E-state index in [0.717, 1.165) is 28.9 Å². The Morgan fingerprint density at radius 1 is 0.941 bits per heavy atom. The van der Waals surface area contributed by atoms with Crippen LogP contribution in [0.5, 0.6) is 0 Å². The van der Waals surface area contributed by atoms with Crippen LogP contribution in [0.25, 0.3) is 22.5 Å². The van der Waals surface area contributed by atoms with E-state index in [1.54, 1.807) is 24.3 Å². The molecule has 7 heteroatoms. The maximum atomic E-state index is 12.6. The number of amides is 1. The molecule has 34 heavy (non-hydrogen) atoms. The average Bonchev–Trinajstić information content (AvgIpc) is 3.32. The van der Waals surface area contributed by atoms with E-state index in [1.807, 2.05) is 67.6 Å². The Balaban J connectivity index is 1.45. The van der Waals surface area contributed by atoms with Gasteiger partial charge in [-0.15, -0.1) is 0 Å². The highest BCUT2D eigenvalue weighted by Crippen LogP contribution is 2.32. The predicted molar refractivity (Wildman–Crippen MR) is 136 cm³/mol. The van der Waals surface area contributed by atoms with Crippen molar-refractivity contribution in [1.29, 1.82) is 0 Å². The lowest BCUT2D eigenvalue weighted by molar-refractivity contribution is -0.113. The molecule has 1 aromatic heterocycles. The Morgan fingerprint density at radius 2 is 1.65 bits per heavy atom. The smallest absolute Gasteiger partial charge is 0.338 e. The van der Waals surface area contributed by atoms with Crippen LogP contribution in [-0.4, -0.2) is 34.2 Å². The van der Waals surface area contributed by atoms with Crippen LogP contribution in [0.1, 0.15) is 23.7 Å². The van der Waals surface area contributed by atoms with Gasteiger partial charge in [0, 0.05) is 16.8 Å². The molecule has 172 valence electrons. The van der Waals surface area contributed by atoms with Crippen LogP contribution in [0.4, 0.5) is 5.69 Å². The van der Waals surface area contributed by atoms with Crippen LogP contribution in [0.3, 0.4) is 0 Å². The molecule has 0 saturated heterocycles. The number of ether oxygens (including phenoxy) is 1. The number of imidazole rings is 1. The summed E-state index contributed by atoms with van der Waals surface area (Å²) >= 11 is 1.32. The highest BCUT2D eigenvalue weighted by molar-refractivity contribution is 7.99. The van der Waals surface area contributed by atoms with E-state index in [0.29, 0.717) is 23.0 Å². The number of benzene rings is 3. The third-order valence-corrected chi connectivity index (χ3v) is 5.82. The summed E-state index contributed by atoms with van der Waals surface area (Å²) in [6.07, 6.45) is 0.754. The standard InChI is InChI=1S/C27H25N3O3S/c1-2-16-33-26(32)21-14-9-15-22(17-21)28-23(31)18-34-27-29-24(19-10-5-3-6-11-19)25(30-27)20-12-7-4-8-13-20/h3-15,17H,2,16,18H2,1H3,(H,28,31)(H,29,30). The molecule has 4 aromatic rings. The molecule has 0 spiro atoms. The second kappa shape index (κ2) is 11.3. The fourth-order valence-electron chi connectivity index (χ4n) is 3.37. The van der Waals surface area contributed by atoms with Gasteiger partial charge in [-0.05, 0) is 24.6 Å². The predicted octanol–water partition coefficient (Wildman–Crippen LogP) is 6.04. The summed E-state index contributed by atoms with van der Waals surface area (Å²) in [5.74, 6) is -0.423. The monoisotopic (exact) mass is 471 g/mol. The van der Waals surface area contributed by atoms with Crippen LogP contribution in [0, 0.1) is 0 Å². The van der Waals surface area contributed by atoms with Crippen LogP contribution < -0.4 is 5.32 Å². The van der Waals surface area contributed by atoms with Gasteiger partial charge in [0.15, 0.2) is 5.16 Å². The van der Waals surface area contributed by atoms with Gasteiger partial charge in [0.05, 0.1) is 29.3 Å². The molecular weight excluding hydrogens is 446 g/mol. The summed E-state index contributed by atoms with van der Waals surface area (Å²) in [4.78, 5) is 32.8. The van der Waals surface area contributed by atoms with Crippen LogP contribution >= 0.6 is 11.8 Å². The fraction of sp³-hybridized carbons (Fsp3) is 0.148. The van der Waals surface area contributed by atoms with Crippen molar-refractivity contribution >= 4 is 29.3 Å². The summed E-state index contributed by atoms with van der Waals surface area (Å²) in [7, 11) is 0. The zero-order valence-electron chi connectivity index (χ0n) is 18.8. The Labute approximate surface area is 202 Å². The molecular formula is C27H25N3O3S. The first-order valence-electron chi connectivity index (χ1n) is 11.0. The molecule has 1 amide bonds. The van der Waals surface area contributed by atoms with Crippen molar-refractivity contribution in [2.45, 2.75) is 18.5 Å². The number of aromatic amines is 1. The Hall–Kier alpha value is -3.84. The average molecular weight is 472 g/mol. The number of nitrogens with zero attached hydrogens (tertiary/aromatic N) is 1. The van der Waals surface area contributed by atoms with Gasteiger partial charge < -0.3 is 15.0 Å². The minimum absolute atomic E-state index is 0.167. The first-order valence-corrected chi connectivity index (χ1v) is 12.0. The quantitative estimate of drug-likeness (QED) is 0.230. The minimum Gasteiger partial charge on any atom is -0.462 e. The number of thioether (sulfide) groups is 1. The summed E-state index contributed by atoms with van der Waals surface area (Å²) in [5, 5.41) is 3.50. The van der Waals surface area contributed by atoms with Gasteiger partial charge in [-0.3, -0.25) is 4.79 Å². The summed E-state index contributed by atoms with van der Waals surface area (Å²) in [6.45, 7) is 2.30. The lowest BCUT2D eigenvalue weighted by atomic mass is 10.1.